The Kier molecular flexibility index (Phi) is 3.48. The van der Waals surface area contributed by atoms with Gasteiger partial charge in [-0.05, 0) is 42.3 Å². The van der Waals surface area contributed by atoms with E-state index in [-0.39, 0.29) is 5.78 Å². The number of hydrogen-bond acceptors (Lipinski definition) is 2. The van der Waals surface area contributed by atoms with Gasteiger partial charge in [0.1, 0.15) is 5.76 Å². The Bertz CT molecular complexity index is 555. The molecule has 2 aromatic rings. The van der Waals surface area contributed by atoms with Crippen molar-refractivity contribution >= 4 is 21.7 Å². The third-order valence-corrected chi connectivity index (χ3v) is 3.16. The fourth-order valence-electron chi connectivity index (χ4n) is 1.77. The number of rotatable bonds is 3. The summed E-state index contributed by atoms with van der Waals surface area (Å²) < 4.78 is 6.60. The lowest BCUT2D eigenvalue weighted by Crippen LogP contribution is -1.88. The lowest BCUT2D eigenvalue weighted by molar-refractivity contribution is 0.0988. The van der Waals surface area contributed by atoms with E-state index in [9.17, 15) is 4.79 Å². The molecule has 3 heteroatoms. The van der Waals surface area contributed by atoms with E-state index in [0.29, 0.717) is 5.76 Å². The molecule has 0 saturated heterocycles. The predicted octanol–water partition coefficient (Wildman–Crippen LogP) is 4.47. The molecule has 17 heavy (non-hydrogen) atoms. The summed E-state index contributed by atoms with van der Waals surface area (Å²) in [5.41, 5.74) is 2.24. The van der Waals surface area contributed by atoms with Gasteiger partial charge in [-0.15, -0.1) is 0 Å². The van der Waals surface area contributed by atoms with E-state index < -0.39 is 0 Å². The molecule has 0 amide bonds. The number of benzene rings is 1. The van der Waals surface area contributed by atoms with Crippen molar-refractivity contribution in [2.24, 2.45) is 0 Å². The van der Waals surface area contributed by atoms with Crippen molar-refractivity contribution in [2.45, 2.75) is 20.3 Å². The van der Waals surface area contributed by atoms with Gasteiger partial charge in [0.05, 0.1) is 0 Å². The van der Waals surface area contributed by atoms with E-state index in [0.717, 1.165) is 22.2 Å². The van der Waals surface area contributed by atoms with Crippen molar-refractivity contribution in [3.8, 4) is 11.3 Å². The molecule has 0 saturated carbocycles. The first-order valence-corrected chi connectivity index (χ1v) is 6.30. The van der Waals surface area contributed by atoms with Crippen molar-refractivity contribution in [3.63, 3.8) is 0 Å². The van der Waals surface area contributed by atoms with Crippen LogP contribution in [0.5, 0.6) is 0 Å². The molecular formula is C14H13BrO2. The van der Waals surface area contributed by atoms with Gasteiger partial charge in [-0.1, -0.05) is 22.9 Å². The maximum Gasteiger partial charge on any atom is 0.194 e. The molecule has 0 aliphatic heterocycles. The van der Waals surface area contributed by atoms with Crippen LogP contribution in [-0.2, 0) is 6.42 Å². The summed E-state index contributed by atoms with van der Waals surface area (Å²) in [6.07, 6.45) is 0.922. The number of hydrogen-bond donors (Lipinski definition) is 0. The molecule has 0 N–H and O–H groups in total. The minimum Gasteiger partial charge on any atom is -0.453 e. The normalized spacial score (nSPS) is 10.5. The number of carbonyl (C=O) groups is 1. The highest BCUT2D eigenvalue weighted by Gasteiger charge is 2.11. The summed E-state index contributed by atoms with van der Waals surface area (Å²) in [7, 11) is 0. The minimum absolute atomic E-state index is 0.0496. The lowest BCUT2D eigenvalue weighted by atomic mass is 10.0. The Morgan fingerprint density at radius 3 is 2.65 bits per heavy atom. The van der Waals surface area contributed by atoms with Crippen molar-refractivity contribution < 1.29 is 9.21 Å². The largest absolute Gasteiger partial charge is 0.453 e. The van der Waals surface area contributed by atoms with E-state index >= 15 is 0 Å². The Hall–Kier alpha value is -1.35. The molecule has 1 aromatic carbocycles. The Morgan fingerprint density at radius 2 is 2.06 bits per heavy atom. The van der Waals surface area contributed by atoms with Crippen LogP contribution in [0, 0.1) is 0 Å². The molecule has 2 rings (SSSR count). The molecule has 88 valence electrons. The van der Waals surface area contributed by atoms with Crippen molar-refractivity contribution in [1.82, 2.24) is 0 Å². The van der Waals surface area contributed by atoms with E-state index in [2.05, 4.69) is 28.9 Å². The van der Waals surface area contributed by atoms with Gasteiger partial charge in [0.2, 0.25) is 0 Å². The summed E-state index contributed by atoms with van der Waals surface area (Å²) in [5, 5.41) is 0. The summed E-state index contributed by atoms with van der Waals surface area (Å²) >= 11 is 3.45. The first-order valence-electron chi connectivity index (χ1n) is 5.51. The van der Waals surface area contributed by atoms with E-state index in [1.807, 2.05) is 18.2 Å². The second-order valence-corrected chi connectivity index (χ2v) is 4.79. The zero-order chi connectivity index (χ0) is 12.4. The molecular weight excluding hydrogens is 280 g/mol. The molecule has 0 atom stereocenters. The molecule has 0 fully saturated rings. The average Bonchev–Trinajstić information content (AvgIpc) is 2.78. The van der Waals surface area contributed by atoms with Gasteiger partial charge in [-0.3, -0.25) is 4.79 Å². The smallest absolute Gasteiger partial charge is 0.194 e. The topological polar surface area (TPSA) is 30.2 Å². The molecule has 0 aliphatic carbocycles. The predicted molar refractivity (Wildman–Crippen MR) is 71.2 cm³/mol. The quantitative estimate of drug-likeness (QED) is 0.781. The summed E-state index contributed by atoms with van der Waals surface area (Å²) in [5.74, 6) is 1.11. The molecule has 0 aliphatic rings. The van der Waals surface area contributed by atoms with Crippen LogP contribution in [0.25, 0.3) is 11.3 Å². The van der Waals surface area contributed by atoms with Crippen LogP contribution in [0.1, 0.15) is 30.0 Å². The fraction of sp³-hybridized carbons (Fsp3) is 0.214. The third-order valence-electron chi connectivity index (χ3n) is 2.67. The van der Waals surface area contributed by atoms with Crippen LogP contribution in [-0.4, -0.2) is 5.78 Å². The van der Waals surface area contributed by atoms with Crippen molar-refractivity contribution in [3.05, 3.63) is 46.1 Å². The summed E-state index contributed by atoms with van der Waals surface area (Å²) in [6, 6.07) is 9.62. The number of ketones is 1. The average molecular weight is 293 g/mol. The highest BCUT2D eigenvalue weighted by molar-refractivity contribution is 9.10. The Labute approximate surface area is 109 Å². The van der Waals surface area contributed by atoms with Crippen LogP contribution in [0.4, 0.5) is 0 Å². The fourth-order valence-corrected chi connectivity index (χ4v) is 2.18. The van der Waals surface area contributed by atoms with Gasteiger partial charge in [-0.2, -0.15) is 0 Å². The highest BCUT2D eigenvalue weighted by atomic mass is 79.9. The second-order valence-electron chi connectivity index (χ2n) is 3.88. The Morgan fingerprint density at radius 1 is 1.29 bits per heavy atom. The molecule has 0 radical (unpaired) electrons. The molecule has 0 spiro atoms. The van der Waals surface area contributed by atoms with Crippen LogP contribution in [0.15, 0.2) is 39.2 Å². The molecule has 1 aromatic heterocycles. The first kappa shape index (κ1) is 12.1. The van der Waals surface area contributed by atoms with Crippen molar-refractivity contribution in [2.75, 3.05) is 0 Å². The molecule has 0 bridgehead atoms. The van der Waals surface area contributed by atoms with Crippen LogP contribution < -0.4 is 0 Å². The van der Waals surface area contributed by atoms with E-state index in [1.165, 1.54) is 12.5 Å². The zero-order valence-electron chi connectivity index (χ0n) is 9.79. The van der Waals surface area contributed by atoms with Gasteiger partial charge in [0, 0.05) is 17.0 Å². The number of halogens is 1. The molecule has 1 heterocycles. The van der Waals surface area contributed by atoms with Crippen LogP contribution in [0.3, 0.4) is 0 Å². The van der Waals surface area contributed by atoms with Gasteiger partial charge in [-0.25, -0.2) is 0 Å². The zero-order valence-corrected chi connectivity index (χ0v) is 11.4. The van der Waals surface area contributed by atoms with Gasteiger partial charge < -0.3 is 4.42 Å². The highest BCUT2D eigenvalue weighted by Crippen LogP contribution is 2.28. The molecule has 2 nitrogen and oxygen atoms in total. The van der Waals surface area contributed by atoms with E-state index in [1.54, 1.807) is 6.07 Å². The summed E-state index contributed by atoms with van der Waals surface area (Å²) in [6.45, 7) is 3.60. The van der Waals surface area contributed by atoms with Crippen molar-refractivity contribution in [1.29, 1.82) is 0 Å². The maximum absolute atomic E-state index is 11.2. The van der Waals surface area contributed by atoms with Gasteiger partial charge >= 0.3 is 0 Å². The lowest BCUT2D eigenvalue weighted by Gasteiger charge is -2.05. The number of furan rings is 1. The number of Topliss-reactive ketones (excluding diaryl/α,β-unsaturated/α-hetero) is 1. The first-order chi connectivity index (χ1) is 8.11. The van der Waals surface area contributed by atoms with Gasteiger partial charge in [0.15, 0.2) is 11.5 Å². The number of carbonyl (C=O) groups excluding carboxylic acids is 1. The van der Waals surface area contributed by atoms with Crippen LogP contribution in [0.2, 0.25) is 0 Å². The summed E-state index contributed by atoms with van der Waals surface area (Å²) in [4.78, 5) is 11.2. The minimum atomic E-state index is -0.0496. The van der Waals surface area contributed by atoms with E-state index in [4.69, 9.17) is 4.42 Å². The van der Waals surface area contributed by atoms with Crippen LogP contribution >= 0.6 is 15.9 Å². The van der Waals surface area contributed by atoms with Gasteiger partial charge in [0.25, 0.3) is 0 Å². The molecule has 0 unspecified atom stereocenters. The third kappa shape index (κ3) is 2.50. The number of aryl methyl sites for hydroxylation is 1. The SMILES string of the molecule is CCc1cc(Br)ccc1-c1ccc(C(C)=O)o1. The Balaban J connectivity index is 2.48. The maximum atomic E-state index is 11.2. The second kappa shape index (κ2) is 4.88. The monoisotopic (exact) mass is 292 g/mol. The standard InChI is InChI=1S/C14H13BrO2/c1-3-10-8-11(15)4-5-12(10)14-7-6-13(17-14)9(2)16/h4-8H,3H2,1-2H3.